The summed E-state index contributed by atoms with van der Waals surface area (Å²) in [5.41, 5.74) is 0. The van der Waals surface area contributed by atoms with Crippen molar-refractivity contribution in [2.24, 2.45) is 0 Å². The highest BCUT2D eigenvalue weighted by Gasteiger charge is 2.91. The minimum Gasteiger partial charge on any atom is -0.442 e. The van der Waals surface area contributed by atoms with E-state index in [1.165, 1.54) is 0 Å². The highest BCUT2D eigenvalue weighted by molar-refractivity contribution is 5.25. The monoisotopic (exact) mass is 910 g/mol. The van der Waals surface area contributed by atoms with Gasteiger partial charge in [-0.15, -0.1) is 0 Å². The highest BCUT2D eigenvalue weighted by atomic mass is 19.5. The number of ether oxygens (including phenoxy) is 3. The second kappa shape index (κ2) is 13.7. The first-order valence-corrected chi connectivity index (χ1v) is 11.2. The van der Waals surface area contributed by atoms with Gasteiger partial charge in [0.05, 0.1) is 0 Å². The summed E-state index contributed by atoms with van der Waals surface area (Å²) in [6, 6.07) is 0. The molecule has 55 heavy (non-hydrogen) atoms. The van der Waals surface area contributed by atoms with Crippen molar-refractivity contribution in [2.75, 3.05) is 0 Å². The van der Waals surface area contributed by atoms with E-state index in [1.807, 2.05) is 0 Å². The van der Waals surface area contributed by atoms with Gasteiger partial charge in [0.1, 0.15) is 0 Å². The van der Waals surface area contributed by atoms with Crippen LogP contribution >= 0.6 is 0 Å². The van der Waals surface area contributed by atoms with Crippen LogP contribution in [0.15, 0.2) is 23.7 Å². The highest BCUT2D eigenvalue weighted by Crippen LogP contribution is 2.63. The quantitative estimate of drug-likeness (QED) is 0.128. The molecular weight excluding hydrogens is 910 g/mol. The molecule has 0 radical (unpaired) electrons. The van der Waals surface area contributed by atoms with Gasteiger partial charge in [0.25, 0.3) is 0 Å². The van der Waals surface area contributed by atoms with Gasteiger partial charge in [0.15, 0.2) is 0 Å². The third-order valence-electron chi connectivity index (χ3n) is 5.43. The molecule has 2 unspecified atom stereocenters. The molecule has 0 N–H and O–H groups in total. The van der Waals surface area contributed by atoms with E-state index in [2.05, 4.69) is 0 Å². The zero-order valence-electron chi connectivity index (χ0n) is 23.1. The van der Waals surface area contributed by atoms with Crippen LogP contribution < -0.4 is 0 Å². The SMILES string of the molecule is FC(F)=C(OC(=C(F)F)C(F)(F)C(F)(OC(F)(F)C(F)(F)C(F)(F)F)C(F)(F)C(F)(F)F)C(F)(F)C(F)(OC(F)(F)C(F)(F)C(F)(F)F)C(F)(F)C(F)(F)F. The summed E-state index contributed by atoms with van der Waals surface area (Å²) >= 11 is 0. The fraction of sp³-hybridized carbons (Fsp3) is 0.778. The third kappa shape index (κ3) is 8.03. The van der Waals surface area contributed by atoms with E-state index in [0.717, 1.165) is 9.47 Å². The Hall–Kier alpha value is -3.18. The van der Waals surface area contributed by atoms with Crippen LogP contribution in [0.5, 0.6) is 0 Å². The van der Waals surface area contributed by atoms with Crippen LogP contribution in [0.3, 0.4) is 0 Å². The Labute approximate surface area is 273 Å². The molecule has 0 aromatic rings. The topological polar surface area (TPSA) is 27.7 Å². The largest absolute Gasteiger partial charge is 0.462 e. The number of alkyl halides is 30. The Kier molecular flexibility index (Phi) is 12.9. The van der Waals surface area contributed by atoms with E-state index < -0.39 is 108 Å². The minimum atomic E-state index is -9.44. The van der Waals surface area contributed by atoms with Crippen molar-refractivity contribution in [3.8, 4) is 0 Å². The van der Waals surface area contributed by atoms with Crippen LogP contribution in [0.25, 0.3) is 0 Å². The molecule has 0 aromatic carbocycles. The molecular formula is C18F34O3. The minimum absolute atomic E-state index is 0.848. The van der Waals surface area contributed by atoms with Crippen LogP contribution in [0.2, 0.25) is 0 Å². The molecule has 0 saturated heterocycles. The molecule has 3 nitrogen and oxygen atoms in total. The second-order valence-corrected chi connectivity index (χ2v) is 9.15. The molecule has 37 heteroatoms. The molecule has 0 heterocycles. The Morgan fingerprint density at radius 2 is 0.455 bits per heavy atom. The zero-order valence-corrected chi connectivity index (χ0v) is 23.1. The Morgan fingerprint density at radius 1 is 0.273 bits per heavy atom. The molecule has 0 aromatic heterocycles. The molecule has 328 valence electrons. The molecule has 0 saturated carbocycles. The number of hydrogen-bond acceptors (Lipinski definition) is 3. The summed E-state index contributed by atoms with van der Waals surface area (Å²) in [6.45, 7) is 0. The third-order valence-corrected chi connectivity index (χ3v) is 5.43. The van der Waals surface area contributed by atoms with Crippen molar-refractivity contribution in [3.63, 3.8) is 0 Å². The summed E-state index contributed by atoms with van der Waals surface area (Å²) < 4.78 is 455. The standard InChI is InChI=1S/C18F34O3/c19-3(20)1(5(23,24)11(35,7(27,28)13(37,38)39)54-17(49,50)9(31,32)15(43,44)45)53-2(4(21)22)6(25,26)12(36,8(29,30)14(40,41)42)55-18(51,52)10(33,34)16(46,47)48. The molecule has 0 aliphatic rings. The Balaban J connectivity index is 8.41. The van der Waals surface area contributed by atoms with Crippen molar-refractivity contribution in [1.82, 2.24) is 0 Å². The smallest absolute Gasteiger partial charge is 0.442 e. The average Bonchev–Trinajstić information content (AvgIpc) is 2.88. The molecule has 0 spiro atoms. The van der Waals surface area contributed by atoms with E-state index in [-0.39, 0.29) is 0 Å². The van der Waals surface area contributed by atoms with E-state index >= 15 is 0 Å². The number of hydrogen-bond donors (Lipinski definition) is 0. The van der Waals surface area contributed by atoms with Crippen LogP contribution in [0.4, 0.5) is 149 Å². The zero-order chi connectivity index (χ0) is 45.4. The predicted octanol–water partition coefficient (Wildman–Crippen LogP) is 11.8. The van der Waals surface area contributed by atoms with Crippen molar-refractivity contribution in [3.05, 3.63) is 23.7 Å². The van der Waals surface area contributed by atoms with Gasteiger partial charge < -0.3 is 4.74 Å². The van der Waals surface area contributed by atoms with Crippen LogP contribution in [0, 0.1) is 0 Å². The molecule has 0 aliphatic carbocycles. The molecule has 0 rings (SSSR count). The van der Waals surface area contributed by atoms with Crippen molar-refractivity contribution in [1.29, 1.82) is 0 Å². The Bertz CT molecular complexity index is 1340. The lowest BCUT2D eigenvalue weighted by atomic mass is 9.98. The molecule has 0 aliphatic heterocycles. The first-order valence-electron chi connectivity index (χ1n) is 11.2. The summed E-state index contributed by atoms with van der Waals surface area (Å²) in [5.74, 6) is -85.3. The van der Waals surface area contributed by atoms with Gasteiger partial charge in [-0.2, -0.15) is 149 Å². The van der Waals surface area contributed by atoms with Gasteiger partial charge in [-0.1, -0.05) is 0 Å². The van der Waals surface area contributed by atoms with E-state index in [0.29, 0.717) is 0 Å². The van der Waals surface area contributed by atoms with Gasteiger partial charge in [0.2, 0.25) is 11.5 Å². The van der Waals surface area contributed by atoms with E-state index in [4.69, 9.17) is 0 Å². The van der Waals surface area contributed by atoms with Crippen LogP contribution in [-0.2, 0) is 14.2 Å². The average molecular weight is 910 g/mol. The lowest BCUT2D eigenvalue weighted by Gasteiger charge is -2.43. The van der Waals surface area contributed by atoms with Gasteiger partial charge in [-0.05, 0) is 0 Å². The summed E-state index contributed by atoms with van der Waals surface area (Å²) in [4.78, 5) is 0. The van der Waals surface area contributed by atoms with Crippen molar-refractivity contribution in [2.45, 2.75) is 84.2 Å². The maximum absolute atomic E-state index is 14.7. The fourth-order valence-electron chi connectivity index (χ4n) is 2.66. The normalized spacial score (nSPS) is 17.7. The van der Waals surface area contributed by atoms with Crippen molar-refractivity contribution < 1.29 is 163 Å². The lowest BCUT2D eigenvalue weighted by molar-refractivity contribution is -0.514. The predicted molar refractivity (Wildman–Crippen MR) is 93.2 cm³/mol. The van der Waals surface area contributed by atoms with E-state index in [1.54, 1.807) is 4.74 Å². The van der Waals surface area contributed by atoms with Gasteiger partial charge >= 0.3 is 96.3 Å². The fourth-order valence-corrected chi connectivity index (χ4v) is 2.66. The summed E-state index contributed by atoms with van der Waals surface area (Å²) in [6.07, 6.45) is -63.3. The van der Waals surface area contributed by atoms with E-state index in [9.17, 15) is 149 Å². The van der Waals surface area contributed by atoms with Crippen LogP contribution in [0.1, 0.15) is 0 Å². The van der Waals surface area contributed by atoms with Crippen molar-refractivity contribution >= 4 is 0 Å². The second-order valence-electron chi connectivity index (χ2n) is 9.15. The number of rotatable bonds is 14. The Morgan fingerprint density at radius 3 is 0.600 bits per heavy atom. The summed E-state index contributed by atoms with van der Waals surface area (Å²) in [7, 11) is 0. The molecule has 0 bridgehead atoms. The molecule has 2 atom stereocenters. The maximum Gasteiger partial charge on any atom is 0.462 e. The van der Waals surface area contributed by atoms with Gasteiger partial charge in [0, 0.05) is 0 Å². The molecule has 0 amide bonds. The first kappa shape index (κ1) is 51.8. The summed E-state index contributed by atoms with van der Waals surface area (Å²) in [5, 5.41) is 0. The van der Waals surface area contributed by atoms with Gasteiger partial charge in [-0.25, -0.2) is 0 Å². The first-order chi connectivity index (χ1) is 23.3. The molecule has 0 fully saturated rings. The van der Waals surface area contributed by atoms with Gasteiger partial charge in [-0.3, -0.25) is 9.47 Å². The van der Waals surface area contributed by atoms with Crippen LogP contribution in [-0.4, -0.2) is 84.2 Å². The lowest BCUT2D eigenvalue weighted by Crippen LogP contribution is -2.70. The number of halogens is 34. The maximum atomic E-state index is 14.7.